The van der Waals surface area contributed by atoms with Gasteiger partial charge in [-0.15, -0.1) is 0 Å². The molecule has 0 bridgehead atoms. The first-order valence-electron chi connectivity index (χ1n) is 5.76. The van der Waals surface area contributed by atoms with Crippen molar-refractivity contribution in [3.8, 4) is 0 Å². The lowest BCUT2D eigenvalue weighted by atomic mass is 9.77. The first kappa shape index (κ1) is 11.0. The predicted molar refractivity (Wildman–Crippen MR) is 58.8 cm³/mol. The van der Waals surface area contributed by atoms with Crippen LogP contribution in [0.1, 0.15) is 47.5 Å². The highest BCUT2D eigenvalue weighted by Gasteiger charge is 2.25. The minimum atomic E-state index is 0.694. The van der Waals surface area contributed by atoms with Crippen molar-refractivity contribution in [2.45, 2.75) is 59.5 Å². The third kappa shape index (κ3) is 2.98. The van der Waals surface area contributed by atoms with E-state index in [-0.39, 0.29) is 0 Å². The summed E-state index contributed by atoms with van der Waals surface area (Å²) in [5, 5.41) is 3.66. The smallest absolute Gasteiger partial charge is 0.00438 e. The van der Waals surface area contributed by atoms with Gasteiger partial charge in [0.15, 0.2) is 0 Å². The number of rotatable bonds is 0. The van der Waals surface area contributed by atoms with Gasteiger partial charge in [0.1, 0.15) is 0 Å². The van der Waals surface area contributed by atoms with Gasteiger partial charge in [-0.1, -0.05) is 20.8 Å². The third-order valence-electron chi connectivity index (χ3n) is 3.81. The quantitative estimate of drug-likeness (QED) is 0.608. The van der Waals surface area contributed by atoms with Crippen LogP contribution in [-0.4, -0.2) is 12.1 Å². The van der Waals surface area contributed by atoms with E-state index in [4.69, 9.17) is 0 Å². The number of nitrogens with one attached hydrogen (secondary N) is 1. The molecule has 13 heavy (non-hydrogen) atoms. The van der Waals surface area contributed by atoms with E-state index in [1.165, 1.54) is 12.8 Å². The minimum absolute atomic E-state index is 0.694. The van der Waals surface area contributed by atoms with E-state index in [2.05, 4.69) is 39.9 Å². The Kier molecular flexibility index (Phi) is 3.78. The van der Waals surface area contributed by atoms with Crippen LogP contribution in [0.4, 0.5) is 0 Å². The molecule has 1 heteroatoms. The maximum atomic E-state index is 3.66. The standard InChI is InChI=1S/C12H25N/c1-8-6-10(3)13-11(4)7-9(2)12(8)5/h8-13H,6-7H2,1-5H3. The first-order chi connectivity index (χ1) is 6.00. The molecule has 0 aromatic rings. The van der Waals surface area contributed by atoms with Crippen molar-refractivity contribution in [2.75, 3.05) is 0 Å². The summed E-state index contributed by atoms with van der Waals surface area (Å²) >= 11 is 0. The van der Waals surface area contributed by atoms with Gasteiger partial charge in [-0.25, -0.2) is 0 Å². The zero-order valence-electron chi connectivity index (χ0n) is 9.80. The Bertz CT molecular complexity index is 139. The molecule has 1 N–H and O–H groups in total. The summed E-state index contributed by atoms with van der Waals surface area (Å²) in [6.45, 7) is 11.8. The molecule has 1 saturated heterocycles. The lowest BCUT2D eigenvalue weighted by molar-refractivity contribution is 0.189. The molecule has 4 atom stereocenters. The van der Waals surface area contributed by atoms with Gasteiger partial charge in [0.2, 0.25) is 0 Å². The van der Waals surface area contributed by atoms with Gasteiger partial charge in [-0.3, -0.25) is 0 Å². The molecule has 0 spiro atoms. The number of hydrogen-bond donors (Lipinski definition) is 1. The van der Waals surface area contributed by atoms with Gasteiger partial charge in [-0.05, 0) is 44.4 Å². The lowest BCUT2D eigenvalue weighted by Crippen LogP contribution is -2.41. The lowest BCUT2D eigenvalue weighted by Gasteiger charge is -2.35. The summed E-state index contributed by atoms with van der Waals surface area (Å²) in [7, 11) is 0. The van der Waals surface area contributed by atoms with E-state index < -0.39 is 0 Å². The molecule has 0 aromatic carbocycles. The second-order valence-electron chi connectivity index (χ2n) is 5.25. The molecule has 1 fully saturated rings. The predicted octanol–water partition coefficient (Wildman–Crippen LogP) is 3.06. The Morgan fingerprint density at radius 1 is 0.769 bits per heavy atom. The summed E-state index contributed by atoms with van der Waals surface area (Å²) in [5.74, 6) is 2.61. The van der Waals surface area contributed by atoms with Crippen molar-refractivity contribution in [1.82, 2.24) is 5.32 Å². The summed E-state index contributed by atoms with van der Waals surface area (Å²) in [6, 6.07) is 1.39. The van der Waals surface area contributed by atoms with E-state index in [9.17, 15) is 0 Å². The van der Waals surface area contributed by atoms with Crippen LogP contribution in [0.2, 0.25) is 0 Å². The van der Waals surface area contributed by atoms with Gasteiger partial charge in [0, 0.05) is 12.1 Å². The van der Waals surface area contributed by atoms with Crippen LogP contribution in [-0.2, 0) is 0 Å². The highest BCUT2D eigenvalue weighted by atomic mass is 14.9. The fourth-order valence-corrected chi connectivity index (χ4v) is 2.73. The molecular formula is C12H25N. The van der Waals surface area contributed by atoms with Crippen LogP contribution >= 0.6 is 0 Å². The minimum Gasteiger partial charge on any atom is -0.312 e. The summed E-state index contributed by atoms with van der Waals surface area (Å²) in [6.07, 6.45) is 2.66. The zero-order chi connectivity index (χ0) is 10.0. The van der Waals surface area contributed by atoms with Crippen LogP contribution in [0.25, 0.3) is 0 Å². The van der Waals surface area contributed by atoms with Crippen molar-refractivity contribution < 1.29 is 0 Å². The number of hydrogen-bond acceptors (Lipinski definition) is 1. The van der Waals surface area contributed by atoms with E-state index in [1.807, 2.05) is 0 Å². The maximum absolute atomic E-state index is 3.66. The molecule has 0 radical (unpaired) electrons. The largest absolute Gasteiger partial charge is 0.312 e. The van der Waals surface area contributed by atoms with E-state index in [0.717, 1.165) is 17.8 Å². The normalized spacial score (nSPS) is 48.2. The van der Waals surface area contributed by atoms with Crippen molar-refractivity contribution in [3.05, 3.63) is 0 Å². The highest BCUT2D eigenvalue weighted by Crippen LogP contribution is 2.29. The van der Waals surface area contributed by atoms with Crippen molar-refractivity contribution in [2.24, 2.45) is 17.8 Å². The molecule has 0 saturated carbocycles. The maximum Gasteiger partial charge on any atom is 0.00438 e. The molecule has 1 nitrogen and oxygen atoms in total. The Labute approximate surface area is 83.3 Å². The summed E-state index contributed by atoms with van der Waals surface area (Å²) < 4.78 is 0. The SMILES string of the molecule is CC1CC(C)C(C)C(C)CC(C)N1. The van der Waals surface area contributed by atoms with Gasteiger partial charge in [0.25, 0.3) is 0 Å². The molecule has 1 aliphatic rings. The van der Waals surface area contributed by atoms with Crippen molar-refractivity contribution in [3.63, 3.8) is 0 Å². The van der Waals surface area contributed by atoms with Crippen molar-refractivity contribution >= 4 is 0 Å². The summed E-state index contributed by atoms with van der Waals surface area (Å²) in [5.41, 5.74) is 0. The van der Waals surface area contributed by atoms with Crippen LogP contribution < -0.4 is 5.32 Å². The molecule has 1 rings (SSSR count). The van der Waals surface area contributed by atoms with Crippen molar-refractivity contribution in [1.29, 1.82) is 0 Å². The highest BCUT2D eigenvalue weighted by molar-refractivity contribution is 4.80. The molecule has 1 heterocycles. The second kappa shape index (κ2) is 4.45. The van der Waals surface area contributed by atoms with E-state index >= 15 is 0 Å². The zero-order valence-corrected chi connectivity index (χ0v) is 9.80. The van der Waals surface area contributed by atoms with Crippen LogP contribution in [0.5, 0.6) is 0 Å². The van der Waals surface area contributed by atoms with E-state index in [1.54, 1.807) is 0 Å². The average molecular weight is 183 g/mol. The molecule has 78 valence electrons. The van der Waals surface area contributed by atoms with E-state index in [0.29, 0.717) is 12.1 Å². The Hall–Kier alpha value is -0.0400. The molecule has 1 aliphatic heterocycles. The average Bonchev–Trinajstić information content (AvgIpc) is 2.00. The van der Waals surface area contributed by atoms with Crippen LogP contribution in [0, 0.1) is 17.8 Å². The Morgan fingerprint density at radius 2 is 1.15 bits per heavy atom. The monoisotopic (exact) mass is 183 g/mol. The second-order valence-corrected chi connectivity index (χ2v) is 5.25. The fraction of sp³-hybridized carbons (Fsp3) is 1.00. The summed E-state index contributed by atoms with van der Waals surface area (Å²) in [4.78, 5) is 0. The van der Waals surface area contributed by atoms with Gasteiger partial charge >= 0.3 is 0 Å². The first-order valence-corrected chi connectivity index (χ1v) is 5.76. The topological polar surface area (TPSA) is 12.0 Å². The van der Waals surface area contributed by atoms with Gasteiger partial charge in [0.05, 0.1) is 0 Å². The molecule has 0 amide bonds. The van der Waals surface area contributed by atoms with Gasteiger partial charge in [-0.2, -0.15) is 0 Å². The van der Waals surface area contributed by atoms with Gasteiger partial charge < -0.3 is 5.32 Å². The molecule has 0 aliphatic carbocycles. The van der Waals surface area contributed by atoms with Crippen LogP contribution in [0.3, 0.4) is 0 Å². The Morgan fingerprint density at radius 3 is 1.54 bits per heavy atom. The third-order valence-corrected chi connectivity index (χ3v) is 3.81. The van der Waals surface area contributed by atoms with Crippen LogP contribution in [0.15, 0.2) is 0 Å². The molecular weight excluding hydrogens is 158 g/mol. The Balaban J connectivity index is 2.59. The molecule has 0 aromatic heterocycles. The fourth-order valence-electron chi connectivity index (χ4n) is 2.73. The molecule has 4 unspecified atom stereocenters.